The van der Waals surface area contributed by atoms with Crippen LogP contribution >= 0.6 is 0 Å². The van der Waals surface area contributed by atoms with Crippen LogP contribution in [0.15, 0.2) is 60.8 Å². The molecular formula is C28H35N5O5. The zero-order chi connectivity index (χ0) is 27.7. The summed E-state index contributed by atoms with van der Waals surface area (Å²) in [6.45, 7) is 3.54. The second-order valence-corrected chi connectivity index (χ2v) is 9.67. The van der Waals surface area contributed by atoms with E-state index in [2.05, 4.69) is 20.9 Å². The predicted molar refractivity (Wildman–Crippen MR) is 144 cm³/mol. The van der Waals surface area contributed by atoms with Crippen molar-refractivity contribution in [3.63, 3.8) is 0 Å². The molecule has 1 aromatic heterocycles. The van der Waals surface area contributed by atoms with Crippen LogP contribution in [0.5, 0.6) is 0 Å². The van der Waals surface area contributed by atoms with E-state index in [1.807, 2.05) is 44.2 Å². The van der Waals surface area contributed by atoms with Gasteiger partial charge < -0.3 is 31.8 Å². The van der Waals surface area contributed by atoms with E-state index in [4.69, 9.17) is 5.73 Å². The standard InChI is InChI=1S/C28H35N5O5/c1-17(2)12-22(31-25(34)15-29)26(35)32-23(14-19-16-30-21-11-7-6-10-20(19)21)27(36)33-24(28(37)38)13-18-8-4-3-5-9-18/h3-11,16-17,22-24,30H,12-15,29H2,1-2H3,(H,31,34)(H,32,35)(H,33,36)(H,37,38). The molecule has 3 rings (SSSR count). The quantitative estimate of drug-likeness (QED) is 0.199. The van der Waals surface area contributed by atoms with E-state index in [0.717, 1.165) is 22.0 Å². The number of carbonyl (C=O) groups is 4. The molecule has 202 valence electrons. The molecule has 2 aromatic carbocycles. The van der Waals surface area contributed by atoms with Gasteiger partial charge in [0.05, 0.1) is 6.54 Å². The molecule has 38 heavy (non-hydrogen) atoms. The molecule has 0 aliphatic heterocycles. The summed E-state index contributed by atoms with van der Waals surface area (Å²) in [7, 11) is 0. The van der Waals surface area contributed by atoms with E-state index in [1.54, 1.807) is 30.5 Å². The Morgan fingerprint density at radius 1 is 0.842 bits per heavy atom. The van der Waals surface area contributed by atoms with Gasteiger partial charge in [0.25, 0.3) is 0 Å². The normalized spacial score (nSPS) is 13.5. The predicted octanol–water partition coefficient (Wildman–Crippen LogP) is 1.50. The Hall–Kier alpha value is -4.18. The third kappa shape index (κ3) is 7.91. The van der Waals surface area contributed by atoms with Crippen molar-refractivity contribution in [3.8, 4) is 0 Å². The van der Waals surface area contributed by atoms with Gasteiger partial charge in [0.15, 0.2) is 0 Å². The highest BCUT2D eigenvalue weighted by molar-refractivity contribution is 5.94. The van der Waals surface area contributed by atoms with Crippen molar-refractivity contribution in [3.05, 3.63) is 71.9 Å². The monoisotopic (exact) mass is 521 g/mol. The van der Waals surface area contributed by atoms with E-state index in [1.165, 1.54) is 0 Å². The zero-order valence-corrected chi connectivity index (χ0v) is 21.6. The molecule has 7 N–H and O–H groups in total. The van der Waals surface area contributed by atoms with Gasteiger partial charge in [-0.1, -0.05) is 62.4 Å². The van der Waals surface area contributed by atoms with Gasteiger partial charge in [-0.05, 0) is 29.5 Å². The summed E-state index contributed by atoms with van der Waals surface area (Å²) >= 11 is 0. The van der Waals surface area contributed by atoms with Crippen LogP contribution in [0.3, 0.4) is 0 Å². The maximum Gasteiger partial charge on any atom is 0.326 e. The van der Waals surface area contributed by atoms with Crippen LogP contribution in [0, 0.1) is 5.92 Å². The van der Waals surface area contributed by atoms with Gasteiger partial charge in [-0.15, -0.1) is 0 Å². The molecule has 0 saturated heterocycles. The molecule has 0 fully saturated rings. The van der Waals surface area contributed by atoms with Crippen molar-refractivity contribution in [2.45, 2.75) is 51.2 Å². The molecule has 0 bridgehead atoms. The minimum Gasteiger partial charge on any atom is -0.480 e. The Morgan fingerprint density at radius 2 is 1.47 bits per heavy atom. The van der Waals surface area contributed by atoms with Gasteiger partial charge >= 0.3 is 5.97 Å². The number of nitrogens with one attached hydrogen (secondary N) is 4. The van der Waals surface area contributed by atoms with Gasteiger partial charge in [-0.2, -0.15) is 0 Å². The van der Waals surface area contributed by atoms with Crippen LogP contribution in [-0.4, -0.2) is 58.5 Å². The number of nitrogens with two attached hydrogens (primary N) is 1. The average Bonchev–Trinajstić information content (AvgIpc) is 3.30. The van der Waals surface area contributed by atoms with Crippen molar-refractivity contribution in [2.75, 3.05) is 6.54 Å². The number of para-hydroxylation sites is 1. The molecule has 10 nitrogen and oxygen atoms in total. The number of aliphatic carboxylic acids is 1. The fraction of sp³-hybridized carbons (Fsp3) is 0.357. The Morgan fingerprint density at radius 3 is 2.13 bits per heavy atom. The first-order valence-electron chi connectivity index (χ1n) is 12.6. The van der Waals surface area contributed by atoms with E-state index in [9.17, 15) is 24.3 Å². The Balaban J connectivity index is 1.86. The number of benzene rings is 2. The van der Waals surface area contributed by atoms with Crippen LogP contribution in [0.4, 0.5) is 0 Å². The third-order valence-corrected chi connectivity index (χ3v) is 6.17. The maximum absolute atomic E-state index is 13.5. The number of hydrogen-bond acceptors (Lipinski definition) is 5. The molecule has 3 atom stereocenters. The van der Waals surface area contributed by atoms with Crippen molar-refractivity contribution in [1.82, 2.24) is 20.9 Å². The van der Waals surface area contributed by atoms with Crippen LogP contribution in [0.2, 0.25) is 0 Å². The van der Waals surface area contributed by atoms with E-state index in [-0.39, 0.29) is 25.3 Å². The summed E-state index contributed by atoms with van der Waals surface area (Å²) in [4.78, 5) is 53.8. The van der Waals surface area contributed by atoms with Crippen molar-refractivity contribution < 1.29 is 24.3 Å². The molecule has 0 radical (unpaired) electrons. The van der Waals surface area contributed by atoms with E-state index in [0.29, 0.717) is 6.42 Å². The minimum absolute atomic E-state index is 0.0759. The molecule has 1 heterocycles. The Labute approximate surface area is 221 Å². The molecule has 0 spiro atoms. The largest absolute Gasteiger partial charge is 0.480 e. The van der Waals surface area contributed by atoms with Crippen molar-refractivity contribution >= 4 is 34.6 Å². The van der Waals surface area contributed by atoms with Gasteiger partial charge in [0, 0.05) is 29.9 Å². The van der Waals surface area contributed by atoms with Crippen molar-refractivity contribution in [2.24, 2.45) is 11.7 Å². The summed E-state index contributed by atoms with van der Waals surface area (Å²) < 4.78 is 0. The lowest BCUT2D eigenvalue weighted by atomic mass is 10.00. The van der Waals surface area contributed by atoms with Crippen LogP contribution in [-0.2, 0) is 32.0 Å². The fourth-order valence-corrected chi connectivity index (χ4v) is 4.28. The molecule has 3 aromatic rings. The summed E-state index contributed by atoms with van der Waals surface area (Å²) in [6.07, 6.45) is 2.29. The lowest BCUT2D eigenvalue weighted by Gasteiger charge is -2.25. The number of carbonyl (C=O) groups excluding carboxylic acids is 3. The molecule has 10 heteroatoms. The zero-order valence-electron chi connectivity index (χ0n) is 21.6. The number of fused-ring (bicyclic) bond motifs is 1. The SMILES string of the molecule is CC(C)CC(NC(=O)CN)C(=O)NC(Cc1c[nH]c2ccccc12)C(=O)NC(Cc1ccccc1)C(=O)O. The third-order valence-electron chi connectivity index (χ3n) is 6.17. The van der Waals surface area contributed by atoms with E-state index < -0.39 is 41.8 Å². The number of aromatic amines is 1. The van der Waals surface area contributed by atoms with Gasteiger partial charge in [0.1, 0.15) is 18.1 Å². The number of amides is 3. The molecule has 3 unspecified atom stereocenters. The number of H-pyrrole nitrogens is 1. The molecule has 0 aliphatic carbocycles. The van der Waals surface area contributed by atoms with Crippen LogP contribution in [0.1, 0.15) is 31.4 Å². The van der Waals surface area contributed by atoms with Crippen LogP contribution in [0.25, 0.3) is 10.9 Å². The molecule has 3 amide bonds. The van der Waals surface area contributed by atoms with Gasteiger partial charge in [-0.25, -0.2) is 4.79 Å². The summed E-state index contributed by atoms with van der Waals surface area (Å²) in [5, 5.41) is 18.6. The van der Waals surface area contributed by atoms with Gasteiger partial charge in [-0.3, -0.25) is 14.4 Å². The second-order valence-electron chi connectivity index (χ2n) is 9.67. The first-order valence-corrected chi connectivity index (χ1v) is 12.6. The number of carboxylic acids is 1. The highest BCUT2D eigenvalue weighted by Crippen LogP contribution is 2.19. The lowest BCUT2D eigenvalue weighted by molar-refractivity contribution is -0.142. The highest BCUT2D eigenvalue weighted by atomic mass is 16.4. The second kappa shape index (κ2) is 13.4. The number of aromatic nitrogens is 1. The Bertz CT molecular complexity index is 1260. The van der Waals surface area contributed by atoms with Crippen LogP contribution < -0.4 is 21.7 Å². The van der Waals surface area contributed by atoms with Gasteiger partial charge in [0.2, 0.25) is 17.7 Å². The van der Waals surface area contributed by atoms with E-state index >= 15 is 0 Å². The summed E-state index contributed by atoms with van der Waals surface area (Å²) in [5.41, 5.74) is 7.82. The fourth-order valence-electron chi connectivity index (χ4n) is 4.28. The number of rotatable bonds is 13. The number of carboxylic acid groups (broad SMARTS) is 1. The summed E-state index contributed by atoms with van der Waals surface area (Å²) in [5.74, 6) is -2.78. The molecule has 0 aliphatic rings. The maximum atomic E-state index is 13.5. The smallest absolute Gasteiger partial charge is 0.326 e. The first-order chi connectivity index (χ1) is 18.2. The summed E-state index contributed by atoms with van der Waals surface area (Å²) in [6, 6.07) is 13.3. The Kier molecular flexibility index (Phi) is 10.0. The average molecular weight is 522 g/mol. The minimum atomic E-state index is -1.20. The molecular weight excluding hydrogens is 486 g/mol. The number of hydrogen-bond donors (Lipinski definition) is 6. The topological polar surface area (TPSA) is 166 Å². The highest BCUT2D eigenvalue weighted by Gasteiger charge is 2.30. The first kappa shape index (κ1) is 28.4. The van der Waals surface area contributed by atoms with Crippen molar-refractivity contribution in [1.29, 1.82) is 0 Å². The molecule has 0 saturated carbocycles. The lowest BCUT2D eigenvalue weighted by Crippen LogP contribution is -2.57.